The summed E-state index contributed by atoms with van der Waals surface area (Å²) in [6.45, 7) is 1.91. The van der Waals surface area contributed by atoms with E-state index < -0.39 is 0 Å². The average molecular weight is 187 g/mol. The van der Waals surface area contributed by atoms with Crippen molar-refractivity contribution in [3.8, 4) is 0 Å². The minimum atomic E-state index is -0.0192. The average Bonchev–Trinajstić information content (AvgIpc) is 2.59. The van der Waals surface area contributed by atoms with Crippen molar-refractivity contribution in [3.05, 3.63) is 36.0 Å². The van der Waals surface area contributed by atoms with Crippen LogP contribution in [0, 0.1) is 0 Å². The van der Waals surface area contributed by atoms with Crippen LogP contribution in [-0.4, -0.2) is 10.9 Å². The second-order valence-corrected chi connectivity index (χ2v) is 3.67. The zero-order valence-corrected chi connectivity index (χ0v) is 8.40. The lowest BCUT2D eigenvalue weighted by atomic mass is 10.0. The maximum atomic E-state index is 10.7. The Kier molecular flexibility index (Phi) is 2.12. The number of aromatic nitrogens is 1. The van der Waals surface area contributed by atoms with Crippen LogP contribution in [0.2, 0.25) is 0 Å². The molecule has 1 aromatic carbocycles. The number of benzene rings is 1. The molecule has 1 aromatic heterocycles. The number of hydrogen-bond donors (Lipinski definition) is 0. The van der Waals surface area contributed by atoms with Crippen molar-refractivity contribution in [2.24, 2.45) is 7.05 Å². The highest BCUT2D eigenvalue weighted by Crippen LogP contribution is 2.20. The topological polar surface area (TPSA) is 22.0 Å². The summed E-state index contributed by atoms with van der Waals surface area (Å²) in [4.78, 5) is 10.7. The summed E-state index contributed by atoms with van der Waals surface area (Å²) in [6, 6.07) is 8.23. The number of carbonyl (C=O) groups excluding carboxylic acids is 1. The molecule has 0 bridgehead atoms. The minimum Gasteiger partial charge on any atom is -0.351 e. The Hall–Kier alpha value is -1.57. The van der Waals surface area contributed by atoms with Gasteiger partial charge in [-0.2, -0.15) is 0 Å². The first-order chi connectivity index (χ1) is 6.72. The second-order valence-electron chi connectivity index (χ2n) is 3.67. The Morgan fingerprint density at radius 2 is 2.14 bits per heavy atom. The first-order valence-electron chi connectivity index (χ1n) is 4.72. The van der Waals surface area contributed by atoms with E-state index in [0.717, 1.165) is 11.8 Å². The van der Waals surface area contributed by atoms with E-state index in [1.54, 1.807) is 0 Å². The van der Waals surface area contributed by atoms with Crippen LogP contribution in [-0.2, 0) is 11.8 Å². The first kappa shape index (κ1) is 9.00. The van der Waals surface area contributed by atoms with Crippen molar-refractivity contribution >= 4 is 17.2 Å². The summed E-state index contributed by atoms with van der Waals surface area (Å²) in [5.74, 6) is -0.0192. The van der Waals surface area contributed by atoms with Gasteiger partial charge in [-0.3, -0.25) is 0 Å². The fourth-order valence-electron chi connectivity index (χ4n) is 1.64. The Morgan fingerprint density at radius 1 is 1.36 bits per heavy atom. The molecular weight excluding hydrogens is 174 g/mol. The van der Waals surface area contributed by atoms with Gasteiger partial charge < -0.3 is 9.36 Å². The summed E-state index contributed by atoms with van der Waals surface area (Å²) >= 11 is 0. The molecule has 1 atom stereocenters. The van der Waals surface area contributed by atoms with E-state index in [4.69, 9.17) is 0 Å². The molecule has 0 radical (unpaired) electrons. The molecule has 72 valence electrons. The van der Waals surface area contributed by atoms with E-state index in [0.29, 0.717) is 0 Å². The zero-order valence-electron chi connectivity index (χ0n) is 8.40. The van der Waals surface area contributed by atoms with Crippen LogP contribution in [0.15, 0.2) is 30.5 Å². The largest absolute Gasteiger partial charge is 0.351 e. The highest BCUT2D eigenvalue weighted by Gasteiger charge is 2.05. The van der Waals surface area contributed by atoms with Gasteiger partial charge in [-0.15, -0.1) is 0 Å². The Balaban J connectivity index is 2.59. The van der Waals surface area contributed by atoms with E-state index in [1.807, 2.05) is 26.2 Å². The molecule has 0 aliphatic carbocycles. The summed E-state index contributed by atoms with van der Waals surface area (Å²) < 4.78 is 2.07. The Morgan fingerprint density at radius 3 is 2.86 bits per heavy atom. The van der Waals surface area contributed by atoms with E-state index >= 15 is 0 Å². The normalized spacial score (nSPS) is 13.0. The fraction of sp³-hybridized carbons (Fsp3) is 0.250. The molecule has 1 heterocycles. The van der Waals surface area contributed by atoms with Crippen molar-refractivity contribution < 1.29 is 4.79 Å². The van der Waals surface area contributed by atoms with Crippen molar-refractivity contribution in [2.45, 2.75) is 12.8 Å². The van der Waals surface area contributed by atoms with Crippen LogP contribution in [0.25, 0.3) is 10.9 Å². The van der Waals surface area contributed by atoms with Crippen LogP contribution >= 0.6 is 0 Å². The lowest BCUT2D eigenvalue weighted by molar-refractivity contribution is -0.108. The third-order valence-corrected chi connectivity index (χ3v) is 2.64. The molecule has 0 amide bonds. The van der Waals surface area contributed by atoms with Crippen molar-refractivity contribution in [2.75, 3.05) is 0 Å². The lowest BCUT2D eigenvalue weighted by Gasteiger charge is -2.04. The summed E-state index contributed by atoms with van der Waals surface area (Å²) in [5, 5.41) is 1.22. The summed E-state index contributed by atoms with van der Waals surface area (Å²) in [5.41, 5.74) is 2.26. The molecule has 0 N–H and O–H groups in total. The number of aldehydes is 1. The molecule has 0 saturated heterocycles. The molecule has 14 heavy (non-hydrogen) atoms. The molecule has 2 heteroatoms. The molecule has 2 aromatic rings. The smallest absolute Gasteiger partial charge is 0.127 e. The summed E-state index contributed by atoms with van der Waals surface area (Å²) in [6.07, 6.45) is 3.00. The first-order valence-corrected chi connectivity index (χ1v) is 4.72. The van der Waals surface area contributed by atoms with Crippen LogP contribution in [0.1, 0.15) is 18.4 Å². The minimum absolute atomic E-state index is 0.0192. The van der Waals surface area contributed by atoms with Gasteiger partial charge in [0.15, 0.2) is 0 Å². The predicted octanol–water partition coefficient (Wildman–Crippen LogP) is 2.48. The number of aryl methyl sites for hydroxylation is 1. The van der Waals surface area contributed by atoms with Crippen LogP contribution in [0.5, 0.6) is 0 Å². The van der Waals surface area contributed by atoms with Crippen LogP contribution in [0.4, 0.5) is 0 Å². The van der Waals surface area contributed by atoms with Gasteiger partial charge in [0.05, 0.1) is 0 Å². The van der Waals surface area contributed by atoms with Gasteiger partial charge in [0.1, 0.15) is 6.29 Å². The van der Waals surface area contributed by atoms with Gasteiger partial charge in [-0.25, -0.2) is 0 Å². The monoisotopic (exact) mass is 187 g/mol. The molecule has 0 saturated carbocycles. The van der Waals surface area contributed by atoms with E-state index in [1.165, 1.54) is 10.9 Å². The molecule has 0 fully saturated rings. The maximum absolute atomic E-state index is 10.7. The van der Waals surface area contributed by atoms with E-state index in [9.17, 15) is 4.79 Å². The molecule has 1 unspecified atom stereocenters. The number of hydrogen-bond acceptors (Lipinski definition) is 1. The molecule has 2 rings (SSSR count). The number of rotatable bonds is 2. The highest BCUT2D eigenvalue weighted by atomic mass is 16.1. The van der Waals surface area contributed by atoms with Crippen molar-refractivity contribution in [1.82, 2.24) is 4.57 Å². The maximum Gasteiger partial charge on any atom is 0.127 e. The number of nitrogens with zero attached hydrogens (tertiary/aromatic N) is 1. The summed E-state index contributed by atoms with van der Waals surface area (Å²) in [7, 11) is 2.01. The van der Waals surface area contributed by atoms with E-state index in [2.05, 4.69) is 22.8 Å². The highest BCUT2D eigenvalue weighted by molar-refractivity contribution is 5.81. The standard InChI is InChI=1S/C12H13NO/c1-9(8-14)11-4-3-10-5-6-13(2)12(10)7-11/h3-9H,1-2H3. The SMILES string of the molecule is CC(C=O)c1ccc2ccn(C)c2c1. The van der Waals surface area contributed by atoms with Crippen molar-refractivity contribution in [1.29, 1.82) is 0 Å². The van der Waals surface area contributed by atoms with E-state index in [-0.39, 0.29) is 5.92 Å². The molecule has 0 aliphatic rings. The van der Waals surface area contributed by atoms with Gasteiger partial charge >= 0.3 is 0 Å². The number of fused-ring (bicyclic) bond motifs is 1. The zero-order chi connectivity index (χ0) is 10.1. The van der Waals surface area contributed by atoms with Gasteiger partial charge in [-0.1, -0.05) is 19.1 Å². The van der Waals surface area contributed by atoms with Gasteiger partial charge in [0.25, 0.3) is 0 Å². The Labute approximate surface area is 83.2 Å². The van der Waals surface area contributed by atoms with Crippen molar-refractivity contribution in [3.63, 3.8) is 0 Å². The van der Waals surface area contributed by atoms with Crippen LogP contribution in [0.3, 0.4) is 0 Å². The molecular formula is C12H13NO. The Bertz CT molecular complexity index is 470. The predicted molar refractivity (Wildman–Crippen MR) is 57.4 cm³/mol. The van der Waals surface area contributed by atoms with Gasteiger partial charge in [0.2, 0.25) is 0 Å². The number of carbonyl (C=O) groups is 1. The second kappa shape index (κ2) is 3.29. The van der Waals surface area contributed by atoms with Crippen LogP contribution < -0.4 is 0 Å². The van der Waals surface area contributed by atoms with Gasteiger partial charge in [-0.05, 0) is 23.1 Å². The fourth-order valence-corrected chi connectivity index (χ4v) is 1.64. The molecule has 2 nitrogen and oxygen atoms in total. The van der Waals surface area contributed by atoms with Gasteiger partial charge in [0, 0.05) is 24.7 Å². The quantitative estimate of drug-likeness (QED) is 0.662. The lowest BCUT2D eigenvalue weighted by Crippen LogP contribution is -1.94. The third-order valence-electron chi connectivity index (χ3n) is 2.64. The molecule has 0 spiro atoms. The third kappa shape index (κ3) is 1.33. The molecule has 0 aliphatic heterocycles.